The normalized spacial score (nSPS) is 32.7. The molecule has 1 aromatic carbocycles. The van der Waals surface area contributed by atoms with Gasteiger partial charge in [-0.15, -0.1) is 0 Å². The molecule has 1 aliphatic heterocycles. The number of anilines is 1. The molecule has 0 amide bonds. The molecule has 1 fully saturated rings. The van der Waals surface area contributed by atoms with Crippen LogP contribution in [-0.4, -0.2) is 57.1 Å². The maximum absolute atomic E-state index is 11.9. The topological polar surface area (TPSA) is 142 Å². The first-order valence-corrected chi connectivity index (χ1v) is 6.29. The molecule has 0 spiro atoms. The van der Waals surface area contributed by atoms with Crippen molar-refractivity contribution in [2.24, 2.45) is 0 Å². The van der Waals surface area contributed by atoms with Crippen molar-refractivity contribution >= 4 is 11.7 Å². The van der Waals surface area contributed by atoms with Crippen molar-refractivity contribution in [1.29, 1.82) is 0 Å². The number of nitrogens with two attached hydrogens (primary N) is 1. The highest BCUT2D eigenvalue weighted by Crippen LogP contribution is 2.24. The molecule has 2 rings (SSSR count). The molecule has 21 heavy (non-hydrogen) atoms. The van der Waals surface area contributed by atoms with E-state index in [2.05, 4.69) is 0 Å². The number of esters is 1. The molecule has 0 radical (unpaired) electrons. The van der Waals surface area contributed by atoms with E-state index in [-0.39, 0.29) is 17.0 Å². The summed E-state index contributed by atoms with van der Waals surface area (Å²) in [5, 5.41) is 38.3. The Balaban J connectivity index is 2.11. The predicted molar refractivity (Wildman–Crippen MR) is 70.3 cm³/mol. The van der Waals surface area contributed by atoms with Crippen LogP contribution in [0.25, 0.3) is 0 Å². The van der Waals surface area contributed by atoms with E-state index >= 15 is 0 Å². The van der Waals surface area contributed by atoms with E-state index in [1.54, 1.807) is 0 Å². The highest BCUT2D eigenvalue weighted by Gasteiger charge is 2.43. The number of nitrogen functional groups attached to an aromatic ring is 1. The molecule has 5 atom stereocenters. The van der Waals surface area contributed by atoms with E-state index in [4.69, 9.17) is 15.2 Å². The van der Waals surface area contributed by atoms with Gasteiger partial charge in [-0.25, -0.2) is 4.79 Å². The summed E-state index contributed by atoms with van der Waals surface area (Å²) in [4.78, 5) is 11.9. The molecule has 0 saturated carbocycles. The number of phenolic OH excluding ortho intramolecular Hbond substituents is 1. The Kier molecular flexibility index (Phi) is 4.33. The van der Waals surface area contributed by atoms with Gasteiger partial charge in [-0.1, -0.05) is 0 Å². The van der Waals surface area contributed by atoms with Gasteiger partial charge in [-0.3, -0.25) is 0 Å². The van der Waals surface area contributed by atoms with Crippen LogP contribution in [0.15, 0.2) is 18.2 Å². The molecule has 0 aliphatic carbocycles. The lowest BCUT2D eigenvalue weighted by atomic mass is 10.00. The number of aliphatic hydroxyl groups excluding tert-OH is 3. The van der Waals surface area contributed by atoms with Crippen molar-refractivity contribution in [3.63, 3.8) is 0 Å². The molecule has 0 bridgehead atoms. The average Bonchev–Trinajstić information content (AvgIpc) is 2.41. The van der Waals surface area contributed by atoms with E-state index in [0.717, 1.165) is 6.07 Å². The van der Waals surface area contributed by atoms with Gasteiger partial charge in [0.2, 0.25) is 6.29 Å². The number of ether oxygens (including phenoxy) is 2. The number of aliphatic hydroxyl groups is 3. The summed E-state index contributed by atoms with van der Waals surface area (Å²) >= 11 is 0. The second kappa shape index (κ2) is 5.86. The van der Waals surface area contributed by atoms with E-state index in [1.165, 1.54) is 19.1 Å². The number of carbonyl (C=O) groups is 1. The first-order chi connectivity index (χ1) is 9.79. The quantitative estimate of drug-likeness (QED) is 0.344. The van der Waals surface area contributed by atoms with Gasteiger partial charge >= 0.3 is 5.97 Å². The molecule has 0 unspecified atom stereocenters. The zero-order valence-corrected chi connectivity index (χ0v) is 11.2. The fourth-order valence-corrected chi connectivity index (χ4v) is 2.04. The molecule has 1 saturated heterocycles. The summed E-state index contributed by atoms with van der Waals surface area (Å²) < 4.78 is 10.1. The highest BCUT2D eigenvalue weighted by molar-refractivity contribution is 5.91. The van der Waals surface area contributed by atoms with Gasteiger partial charge < -0.3 is 35.6 Å². The lowest BCUT2D eigenvalue weighted by Gasteiger charge is -2.38. The van der Waals surface area contributed by atoms with Crippen molar-refractivity contribution in [2.75, 3.05) is 5.73 Å². The number of aromatic hydroxyl groups is 1. The van der Waals surface area contributed by atoms with Crippen molar-refractivity contribution in [2.45, 2.75) is 37.6 Å². The van der Waals surface area contributed by atoms with Crippen molar-refractivity contribution in [3.8, 4) is 5.75 Å². The van der Waals surface area contributed by atoms with Crippen LogP contribution >= 0.6 is 0 Å². The van der Waals surface area contributed by atoms with Gasteiger partial charge in [0.05, 0.1) is 11.7 Å². The zero-order valence-electron chi connectivity index (χ0n) is 11.2. The van der Waals surface area contributed by atoms with Gasteiger partial charge in [0, 0.05) is 11.8 Å². The highest BCUT2D eigenvalue weighted by atomic mass is 16.7. The molecular formula is C13H17NO7. The molecule has 116 valence electrons. The van der Waals surface area contributed by atoms with Crippen LogP contribution in [0.3, 0.4) is 0 Å². The Hall–Kier alpha value is -1.87. The van der Waals surface area contributed by atoms with Gasteiger partial charge in [-0.2, -0.15) is 0 Å². The minimum absolute atomic E-state index is 0.0310. The molecule has 6 N–H and O–H groups in total. The third-order valence-corrected chi connectivity index (χ3v) is 3.21. The molecule has 1 heterocycles. The number of hydrogen-bond acceptors (Lipinski definition) is 8. The third kappa shape index (κ3) is 3.24. The molecule has 0 aromatic heterocycles. The molecule has 1 aromatic rings. The average molecular weight is 299 g/mol. The Morgan fingerprint density at radius 1 is 1.19 bits per heavy atom. The molecular weight excluding hydrogens is 282 g/mol. The summed E-state index contributed by atoms with van der Waals surface area (Å²) in [6, 6.07) is 3.68. The van der Waals surface area contributed by atoms with Crippen LogP contribution in [-0.2, 0) is 9.47 Å². The minimum Gasteiger partial charge on any atom is -0.508 e. The summed E-state index contributed by atoms with van der Waals surface area (Å²) in [5.41, 5.74) is 5.63. The Bertz CT molecular complexity index is 515. The minimum atomic E-state index is -1.59. The Labute approximate surface area is 120 Å². The fraction of sp³-hybridized carbons (Fsp3) is 0.462. The van der Waals surface area contributed by atoms with Crippen LogP contribution in [0.4, 0.5) is 5.69 Å². The number of carbonyl (C=O) groups excluding carboxylic acids is 1. The van der Waals surface area contributed by atoms with Crippen LogP contribution in [0, 0.1) is 0 Å². The standard InChI is InChI=1S/C13H17NO7/c1-5-9(16)10(17)11(18)13(20-5)21-12(19)6-2-7(14)4-8(15)3-6/h2-5,9-11,13,15-18H,14H2,1H3/t5-,9-,10+,11+,13-/m0/s1. The van der Waals surface area contributed by atoms with Crippen LogP contribution in [0.5, 0.6) is 5.75 Å². The predicted octanol–water partition coefficient (Wildman–Crippen LogP) is -1.04. The summed E-state index contributed by atoms with van der Waals surface area (Å²) in [5.74, 6) is -1.10. The number of benzene rings is 1. The van der Waals surface area contributed by atoms with Gasteiger partial charge in [0.1, 0.15) is 24.1 Å². The maximum Gasteiger partial charge on any atom is 0.340 e. The van der Waals surface area contributed by atoms with Crippen molar-refractivity contribution < 1.29 is 34.7 Å². The Morgan fingerprint density at radius 3 is 2.48 bits per heavy atom. The number of phenols is 1. The largest absolute Gasteiger partial charge is 0.508 e. The van der Waals surface area contributed by atoms with Gasteiger partial charge in [0.25, 0.3) is 0 Å². The zero-order chi connectivity index (χ0) is 15.7. The molecule has 8 heteroatoms. The maximum atomic E-state index is 11.9. The van der Waals surface area contributed by atoms with Gasteiger partial charge in [-0.05, 0) is 19.1 Å². The smallest absolute Gasteiger partial charge is 0.340 e. The van der Waals surface area contributed by atoms with Gasteiger partial charge in [0.15, 0.2) is 0 Å². The van der Waals surface area contributed by atoms with Crippen LogP contribution in [0.1, 0.15) is 17.3 Å². The number of rotatable bonds is 2. The first-order valence-electron chi connectivity index (χ1n) is 6.29. The van der Waals surface area contributed by atoms with Crippen LogP contribution in [0.2, 0.25) is 0 Å². The van der Waals surface area contributed by atoms with Crippen molar-refractivity contribution in [1.82, 2.24) is 0 Å². The van der Waals surface area contributed by atoms with E-state index in [1.807, 2.05) is 0 Å². The summed E-state index contributed by atoms with van der Waals surface area (Å²) in [7, 11) is 0. The Morgan fingerprint density at radius 2 is 1.86 bits per heavy atom. The molecule has 1 aliphatic rings. The SMILES string of the molecule is C[C@@H]1O[C@@H](OC(=O)c2cc(N)cc(O)c2)[C@H](O)[C@H](O)[C@H]1O. The van der Waals surface area contributed by atoms with E-state index in [0.29, 0.717) is 0 Å². The fourth-order valence-electron chi connectivity index (χ4n) is 2.04. The van der Waals surface area contributed by atoms with E-state index in [9.17, 15) is 25.2 Å². The second-order valence-electron chi connectivity index (χ2n) is 4.90. The first kappa shape index (κ1) is 15.5. The van der Waals surface area contributed by atoms with E-state index < -0.39 is 36.7 Å². The second-order valence-corrected chi connectivity index (χ2v) is 4.90. The van der Waals surface area contributed by atoms with Crippen molar-refractivity contribution in [3.05, 3.63) is 23.8 Å². The van der Waals surface area contributed by atoms with Crippen LogP contribution < -0.4 is 5.73 Å². The summed E-state index contributed by atoms with van der Waals surface area (Å²) in [6.45, 7) is 1.47. The lowest BCUT2D eigenvalue weighted by molar-refractivity contribution is -0.276. The summed E-state index contributed by atoms with van der Waals surface area (Å²) in [6.07, 6.45) is -6.63. The molecule has 8 nitrogen and oxygen atoms in total. The lowest BCUT2D eigenvalue weighted by Crippen LogP contribution is -2.57. The third-order valence-electron chi connectivity index (χ3n) is 3.21. The monoisotopic (exact) mass is 299 g/mol. The number of hydrogen-bond donors (Lipinski definition) is 5.